The van der Waals surface area contributed by atoms with Crippen molar-refractivity contribution in [2.75, 3.05) is 26.4 Å². The van der Waals surface area contributed by atoms with Gasteiger partial charge in [0.2, 0.25) is 0 Å². The van der Waals surface area contributed by atoms with Crippen LogP contribution in [0.2, 0.25) is 0 Å². The lowest BCUT2D eigenvalue weighted by Crippen LogP contribution is -2.27. The van der Waals surface area contributed by atoms with E-state index < -0.39 is 66.6 Å². The van der Waals surface area contributed by atoms with Crippen molar-refractivity contribution >= 4 is 15.5 Å². The number of alkyl halides is 12. The van der Waals surface area contributed by atoms with Crippen molar-refractivity contribution in [3.63, 3.8) is 0 Å². The van der Waals surface area contributed by atoms with Crippen LogP contribution in [0.4, 0.5) is 52.7 Å². The van der Waals surface area contributed by atoms with Gasteiger partial charge in [-0.25, -0.2) is 9.13 Å². The fraction of sp³-hybridized carbons (Fsp3) is 1.00. The van der Waals surface area contributed by atoms with Crippen molar-refractivity contribution in [2.45, 2.75) is 24.7 Å². The van der Waals surface area contributed by atoms with E-state index in [-0.39, 0.29) is 0 Å². The van der Waals surface area contributed by atoms with Crippen LogP contribution in [0.3, 0.4) is 0 Å². The molecule has 0 bridgehead atoms. The minimum atomic E-state index is -6.14. The van der Waals surface area contributed by atoms with Crippen molar-refractivity contribution < 1.29 is 79.9 Å². The van der Waals surface area contributed by atoms with Gasteiger partial charge in [-0.3, -0.25) is 18.1 Å². The molecule has 0 aromatic carbocycles. The van der Waals surface area contributed by atoms with Crippen molar-refractivity contribution in [3.8, 4) is 0 Å². The maximum absolute atomic E-state index is 12.1. The molecule has 0 saturated carbocycles. The SMILES string of the molecule is O=P(NP(=O)(OCC(F)(F)F)OCC(F)(F)F)(OCC(F)(F)F)OCC(F)(F)F. The first-order chi connectivity index (χ1) is 12.5. The van der Waals surface area contributed by atoms with Crippen molar-refractivity contribution in [3.05, 3.63) is 0 Å². The molecule has 0 aliphatic heterocycles. The summed E-state index contributed by atoms with van der Waals surface area (Å²) in [6, 6.07) is 0. The molecule has 176 valence electrons. The van der Waals surface area contributed by atoms with Crippen LogP contribution in [0.25, 0.3) is 0 Å². The summed E-state index contributed by atoms with van der Waals surface area (Å²) in [5.74, 6) is 0. The number of nitrogens with one attached hydrogen (secondary N) is 1. The first-order valence-corrected chi connectivity index (χ1v) is 9.46. The van der Waals surface area contributed by atoms with Gasteiger partial charge in [-0.2, -0.15) is 52.7 Å². The Balaban J connectivity index is 5.67. The van der Waals surface area contributed by atoms with Crippen LogP contribution in [0, 0.1) is 0 Å². The van der Waals surface area contributed by atoms with E-state index in [1.54, 1.807) is 0 Å². The molecule has 0 aliphatic carbocycles. The third kappa shape index (κ3) is 15.9. The van der Waals surface area contributed by atoms with Crippen LogP contribution < -0.4 is 4.86 Å². The first kappa shape index (κ1) is 28.4. The van der Waals surface area contributed by atoms with Crippen molar-refractivity contribution in [1.82, 2.24) is 4.86 Å². The predicted molar refractivity (Wildman–Crippen MR) is 66.4 cm³/mol. The number of hydrogen-bond donors (Lipinski definition) is 1. The number of halogens is 12. The summed E-state index contributed by atoms with van der Waals surface area (Å²) in [5, 5.41) is 0. The zero-order chi connectivity index (χ0) is 23.4. The molecule has 0 heterocycles. The van der Waals surface area contributed by atoms with Gasteiger partial charge in [0.1, 0.15) is 0 Å². The highest BCUT2D eigenvalue weighted by atomic mass is 31.3. The molecule has 0 aromatic rings. The van der Waals surface area contributed by atoms with Crippen LogP contribution in [0.5, 0.6) is 0 Å². The lowest BCUT2D eigenvalue weighted by atomic mass is 10.7. The Morgan fingerprint density at radius 2 is 0.655 bits per heavy atom. The molecule has 0 rings (SSSR count). The van der Waals surface area contributed by atoms with E-state index in [0.29, 0.717) is 4.86 Å². The molecule has 0 unspecified atom stereocenters. The van der Waals surface area contributed by atoms with Gasteiger partial charge in [0.25, 0.3) is 0 Å². The molecule has 0 atom stereocenters. The molecular formula is C8H9F12NO6P2. The fourth-order valence-electron chi connectivity index (χ4n) is 0.973. The van der Waals surface area contributed by atoms with E-state index in [9.17, 15) is 61.8 Å². The lowest BCUT2D eigenvalue weighted by molar-refractivity contribution is -0.167. The van der Waals surface area contributed by atoms with E-state index in [1.807, 2.05) is 0 Å². The second kappa shape index (κ2) is 9.70. The minimum absolute atomic E-state index is 0.519. The van der Waals surface area contributed by atoms with Crippen LogP contribution in [-0.4, -0.2) is 51.1 Å². The van der Waals surface area contributed by atoms with Gasteiger partial charge in [-0.05, 0) is 0 Å². The van der Waals surface area contributed by atoms with E-state index in [1.165, 1.54) is 0 Å². The quantitative estimate of drug-likeness (QED) is 0.327. The Labute approximate surface area is 152 Å². The van der Waals surface area contributed by atoms with Crippen molar-refractivity contribution in [1.29, 1.82) is 0 Å². The summed E-state index contributed by atoms with van der Waals surface area (Å²) in [5.41, 5.74) is 0. The third-order valence-electron chi connectivity index (χ3n) is 1.84. The topological polar surface area (TPSA) is 83.1 Å². The van der Waals surface area contributed by atoms with Crippen LogP contribution in [-0.2, 0) is 27.2 Å². The zero-order valence-electron chi connectivity index (χ0n) is 13.2. The smallest absolute Gasteiger partial charge is 0.287 e. The fourth-order valence-corrected chi connectivity index (χ4v) is 4.51. The highest BCUT2D eigenvalue weighted by molar-refractivity contribution is 7.67. The summed E-state index contributed by atoms with van der Waals surface area (Å²) in [6.07, 6.45) is -21.6. The third-order valence-corrected chi connectivity index (χ3v) is 5.67. The zero-order valence-corrected chi connectivity index (χ0v) is 15.0. The predicted octanol–water partition coefficient (Wildman–Crippen LogP) is 5.11. The molecule has 0 aromatic heterocycles. The Bertz CT molecular complexity index is 517. The van der Waals surface area contributed by atoms with E-state index in [0.717, 1.165) is 0 Å². The lowest BCUT2D eigenvalue weighted by Gasteiger charge is -2.26. The highest BCUT2D eigenvalue weighted by Gasteiger charge is 2.46. The second-order valence-electron chi connectivity index (χ2n) is 4.65. The first-order valence-electron chi connectivity index (χ1n) is 6.38. The molecule has 0 saturated heterocycles. The van der Waals surface area contributed by atoms with Gasteiger partial charge in [0.05, 0.1) is 0 Å². The number of rotatable bonds is 10. The van der Waals surface area contributed by atoms with Gasteiger partial charge in [-0.1, -0.05) is 0 Å². The maximum atomic E-state index is 12.1. The normalized spacial score (nSPS) is 15.0. The molecule has 1 N–H and O–H groups in total. The molecule has 0 aliphatic rings. The molecule has 7 nitrogen and oxygen atoms in total. The van der Waals surface area contributed by atoms with E-state index in [2.05, 4.69) is 18.1 Å². The van der Waals surface area contributed by atoms with Gasteiger partial charge in [0.15, 0.2) is 26.4 Å². The molecular weight excluding hydrogens is 496 g/mol. The summed E-state index contributed by atoms with van der Waals surface area (Å²) in [4.78, 5) is 0.519. The van der Waals surface area contributed by atoms with Gasteiger partial charge < -0.3 is 0 Å². The molecule has 21 heteroatoms. The van der Waals surface area contributed by atoms with Gasteiger partial charge in [0, 0.05) is 0 Å². The second-order valence-corrected chi connectivity index (χ2v) is 8.47. The monoisotopic (exact) mass is 505 g/mol. The molecule has 0 spiro atoms. The van der Waals surface area contributed by atoms with Crippen LogP contribution in [0.1, 0.15) is 0 Å². The summed E-state index contributed by atoms with van der Waals surface area (Å²) in [6.45, 7) is -10.6. The largest absolute Gasteiger partial charge is 0.415 e. The summed E-state index contributed by atoms with van der Waals surface area (Å²) >= 11 is 0. The molecule has 0 amide bonds. The van der Waals surface area contributed by atoms with E-state index in [4.69, 9.17) is 0 Å². The molecule has 29 heavy (non-hydrogen) atoms. The molecule has 0 radical (unpaired) electrons. The minimum Gasteiger partial charge on any atom is -0.287 e. The Kier molecular flexibility index (Phi) is 9.51. The summed E-state index contributed by atoms with van der Waals surface area (Å²) in [7, 11) is -12.3. The number of hydrogen-bond acceptors (Lipinski definition) is 6. The van der Waals surface area contributed by atoms with Crippen molar-refractivity contribution in [2.24, 2.45) is 0 Å². The average molecular weight is 505 g/mol. The Morgan fingerprint density at radius 1 is 0.483 bits per heavy atom. The van der Waals surface area contributed by atoms with Gasteiger partial charge >= 0.3 is 40.2 Å². The maximum Gasteiger partial charge on any atom is 0.415 e. The average Bonchev–Trinajstić information content (AvgIpc) is 2.45. The van der Waals surface area contributed by atoms with Crippen LogP contribution in [0.15, 0.2) is 0 Å². The standard InChI is InChI=1S/C8H9F12NO6P2/c9-5(10,11)1-24-28(22,25-2-6(12,13)14)21-29(23,26-3-7(15,16)17)27-4-8(18,19)20/h1-4H2,(H,21,22,23). The van der Waals surface area contributed by atoms with Crippen LogP contribution >= 0.6 is 15.5 Å². The molecule has 0 fully saturated rings. The van der Waals surface area contributed by atoms with E-state index >= 15 is 0 Å². The Hall–Kier alpha value is -0.580. The van der Waals surface area contributed by atoms with Gasteiger partial charge in [-0.15, -0.1) is 4.86 Å². The summed E-state index contributed by atoms with van der Waals surface area (Å²) < 4.78 is 183. The highest BCUT2D eigenvalue weighted by Crippen LogP contribution is 2.59. The Morgan fingerprint density at radius 3 is 0.793 bits per heavy atom.